The van der Waals surface area contributed by atoms with Crippen molar-refractivity contribution in [3.8, 4) is 5.75 Å². The van der Waals surface area contributed by atoms with Crippen LogP contribution in [0, 0.1) is 0 Å². The molecule has 1 atom stereocenters. The quantitative estimate of drug-likeness (QED) is 0.729. The molecule has 1 aromatic carbocycles. The van der Waals surface area contributed by atoms with Gasteiger partial charge in [-0.1, -0.05) is 36.2 Å². The van der Waals surface area contributed by atoms with E-state index in [0.717, 1.165) is 5.75 Å². The topological polar surface area (TPSA) is 21.3 Å². The van der Waals surface area contributed by atoms with Crippen LogP contribution in [0.25, 0.3) is 0 Å². The number of nitrogens with one attached hydrogen (secondary N) is 1. The van der Waals surface area contributed by atoms with Gasteiger partial charge in [0.25, 0.3) is 0 Å². The summed E-state index contributed by atoms with van der Waals surface area (Å²) in [6.07, 6.45) is 2.13. The molecule has 0 aliphatic carbocycles. The Labute approximate surface area is 82.1 Å². The van der Waals surface area contributed by atoms with Crippen molar-refractivity contribution in [2.24, 2.45) is 0 Å². The molecule has 0 fully saturated rings. The molecule has 0 saturated carbocycles. The minimum absolute atomic E-state index is 0.279. The molecule has 0 bridgehead atoms. The van der Waals surface area contributed by atoms with Gasteiger partial charge in [0, 0.05) is 5.56 Å². The fraction of sp³-hybridized carbons (Fsp3) is 0.200. The van der Waals surface area contributed by atoms with Gasteiger partial charge in [-0.05, 0) is 11.5 Å². The Morgan fingerprint density at radius 3 is 2.92 bits per heavy atom. The van der Waals surface area contributed by atoms with E-state index in [1.54, 1.807) is 19.1 Å². The van der Waals surface area contributed by atoms with Gasteiger partial charge in [-0.15, -0.1) is 0 Å². The van der Waals surface area contributed by atoms with Crippen LogP contribution in [-0.2, 0) is 0 Å². The second-order valence-electron chi connectivity index (χ2n) is 2.78. The lowest BCUT2D eigenvalue weighted by Crippen LogP contribution is -2.07. The van der Waals surface area contributed by atoms with Gasteiger partial charge in [0.2, 0.25) is 0 Å². The first-order valence-corrected chi connectivity index (χ1v) is 5.00. The van der Waals surface area contributed by atoms with E-state index in [2.05, 4.69) is 22.3 Å². The Hall–Kier alpha value is -0.930. The molecule has 1 unspecified atom stereocenters. The molecule has 0 radical (unpaired) electrons. The molecule has 2 nitrogen and oxygen atoms in total. The maximum atomic E-state index is 5.27. The highest BCUT2D eigenvalue weighted by atomic mass is 32.2. The van der Waals surface area contributed by atoms with E-state index in [-0.39, 0.29) is 6.04 Å². The van der Waals surface area contributed by atoms with Crippen LogP contribution in [0.2, 0.25) is 0 Å². The highest BCUT2D eigenvalue weighted by Gasteiger charge is 2.14. The molecule has 0 amide bonds. The van der Waals surface area contributed by atoms with E-state index in [1.807, 2.05) is 18.2 Å². The summed E-state index contributed by atoms with van der Waals surface area (Å²) in [6, 6.07) is 8.34. The van der Waals surface area contributed by atoms with Gasteiger partial charge < -0.3 is 4.74 Å². The average molecular weight is 193 g/mol. The minimum atomic E-state index is 0.279. The van der Waals surface area contributed by atoms with Crippen molar-refractivity contribution in [2.75, 3.05) is 7.11 Å². The zero-order valence-corrected chi connectivity index (χ0v) is 8.17. The van der Waals surface area contributed by atoms with E-state index in [1.165, 1.54) is 5.56 Å². The Kier molecular flexibility index (Phi) is 2.57. The van der Waals surface area contributed by atoms with Crippen molar-refractivity contribution in [1.29, 1.82) is 0 Å². The van der Waals surface area contributed by atoms with Crippen LogP contribution in [0.5, 0.6) is 5.75 Å². The molecule has 1 heterocycles. The minimum Gasteiger partial charge on any atom is -0.496 e. The normalized spacial score (nSPS) is 20.5. The Balaban J connectivity index is 2.32. The van der Waals surface area contributed by atoms with Crippen molar-refractivity contribution in [2.45, 2.75) is 6.04 Å². The second-order valence-corrected chi connectivity index (χ2v) is 3.53. The number of ether oxygens (including phenoxy) is 1. The Morgan fingerprint density at radius 2 is 2.23 bits per heavy atom. The zero-order valence-electron chi connectivity index (χ0n) is 7.36. The highest BCUT2D eigenvalue weighted by molar-refractivity contribution is 8.00. The number of para-hydroxylation sites is 1. The van der Waals surface area contributed by atoms with Gasteiger partial charge in [0.1, 0.15) is 5.75 Å². The van der Waals surface area contributed by atoms with E-state index in [4.69, 9.17) is 4.74 Å². The summed E-state index contributed by atoms with van der Waals surface area (Å²) in [5.74, 6) is 0.937. The molecule has 68 valence electrons. The maximum absolute atomic E-state index is 5.27. The van der Waals surface area contributed by atoms with E-state index in [9.17, 15) is 0 Å². The van der Waals surface area contributed by atoms with Crippen LogP contribution >= 0.6 is 11.9 Å². The molecule has 13 heavy (non-hydrogen) atoms. The highest BCUT2D eigenvalue weighted by Crippen LogP contribution is 2.30. The smallest absolute Gasteiger partial charge is 0.123 e. The van der Waals surface area contributed by atoms with Crippen LogP contribution in [0.4, 0.5) is 0 Å². The van der Waals surface area contributed by atoms with Gasteiger partial charge in [0.15, 0.2) is 0 Å². The third-order valence-electron chi connectivity index (χ3n) is 2.01. The standard InChI is InChI=1S/C10H11NOS/c1-12-10-5-3-2-4-8(10)9-6-7-13-11-9/h2-7,9,11H,1H3. The Morgan fingerprint density at radius 1 is 1.38 bits per heavy atom. The summed E-state index contributed by atoms with van der Waals surface area (Å²) in [5, 5.41) is 2.05. The molecular formula is C10H11NOS. The first-order chi connectivity index (χ1) is 6.42. The Bertz CT molecular complexity index is 324. The van der Waals surface area contributed by atoms with Gasteiger partial charge >= 0.3 is 0 Å². The molecule has 1 aliphatic rings. The van der Waals surface area contributed by atoms with E-state index in [0.29, 0.717) is 0 Å². The van der Waals surface area contributed by atoms with Crippen molar-refractivity contribution in [3.63, 3.8) is 0 Å². The third-order valence-corrected chi connectivity index (χ3v) is 2.69. The van der Waals surface area contributed by atoms with Crippen LogP contribution in [-0.4, -0.2) is 7.11 Å². The summed E-state index contributed by atoms with van der Waals surface area (Å²) < 4.78 is 8.55. The van der Waals surface area contributed by atoms with Crippen LogP contribution < -0.4 is 9.46 Å². The molecule has 0 aromatic heterocycles. The lowest BCUT2D eigenvalue weighted by atomic mass is 10.1. The van der Waals surface area contributed by atoms with Gasteiger partial charge in [-0.3, -0.25) is 0 Å². The lowest BCUT2D eigenvalue weighted by Gasteiger charge is -2.12. The summed E-state index contributed by atoms with van der Waals surface area (Å²) in [4.78, 5) is 0. The zero-order chi connectivity index (χ0) is 9.10. The first-order valence-electron chi connectivity index (χ1n) is 4.12. The molecule has 0 saturated heterocycles. The van der Waals surface area contributed by atoms with Gasteiger partial charge in [-0.2, -0.15) is 0 Å². The number of hydrogen-bond acceptors (Lipinski definition) is 3. The van der Waals surface area contributed by atoms with Crippen LogP contribution in [0.1, 0.15) is 11.6 Å². The lowest BCUT2D eigenvalue weighted by molar-refractivity contribution is 0.407. The maximum Gasteiger partial charge on any atom is 0.123 e. The summed E-state index contributed by atoms with van der Waals surface area (Å²) in [6.45, 7) is 0. The predicted octanol–water partition coefficient (Wildman–Crippen LogP) is 2.50. The molecule has 0 spiro atoms. The van der Waals surface area contributed by atoms with Crippen LogP contribution in [0.3, 0.4) is 0 Å². The molecular weight excluding hydrogens is 182 g/mol. The molecule has 2 rings (SSSR count). The van der Waals surface area contributed by atoms with Crippen molar-refractivity contribution in [1.82, 2.24) is 4.72 Å². The number of rotatable bonds is 2. The van der Waals surface area contributed by atoms with Crippen molar-refractivity contribution in [3.05, 3.63) is 41.3 Å². The van der Waals surface area contributed by atoms with E-state index < -0.39 is 0 Å². The molecule has 1 aliphatic heterocycles. The molecule has 3 heteroatoms. The monoisotopic (exact) mass is 193 g/mol. The van der Waals surface area contributed by atoms with Crippen LogP contribution in [0.15, 0.2) is 35.7 Å². The fourth-order valence-corrected chi connectivity index (χ4v) is 2.03. The number of benzene rings is 1. The van der Waals surface area contributed by atoms with Crippen molar-refractivity contribution >= 4 is 11.9 Å². The molecule has 1 N–H and O–H groups in total. The SMILES string of the molecule is COc1ccccc1C1C=CSN1. The fourth-order valence-electron chi connectivity index (χ4n) is 1.36. The third kappa shape index (κ3) is 1.71. The number of hydrogen-bond donors (Lipinski definition) is 1. The summed E-state index contributed by atoms with van der Waals surface area (Å²) in [7, 11) is 1.70. The molecule has 1 aromatic rings. The van der Waals surface area contributed by atoms with Crippen molar-refractivity contribution < 1.29 is 4.74 Å². The summed E-state index contributed by atoms with van der Waals surface area (Å²) >= 11 is 1.61. The van der Waals surface area contributed by atoms with Gasteiger partial charge in [0.05, 0.1) is 13.2 Å². The van der Waals surface area contributed by atoms with E-state index >= 15 is 0 Å². The summed E-state index contributed by atoms with van der Waals surface area (Å²) in [5.41, 5.74) is 1.19. The van der Waals surface area contributed by atoms with Gasteiger partial charge in [-0.25, -0.2) is 4.72 Å². The average Bonchev–Trinajstić information content (AvgIpc) is 2.70. The predicted molar refractivity (Wildman–Crippen MR) is 55.6 cm³/mol. The number of methoxy groups -OCH3 is 1. The second kappa shape index (κ2) is 3.85. The largest absolute Gasteiger partial charge is 0.496 e. The first kappa shape index (κ1) is 8.66.